The van der Waals surface area contributed by atoms with E-state index < -0.39 is 11.4 Å². The van der Waals surface area contributed by atoms with Crippen LogP contribution in [0.15, 0.2) is 24.3 Å². The number of nitrogens with zero attached hydrogens (tertiary/aromatic N) is 2. The Kier molecular flexibility index (Phi) is 3.59. The number of likely N-dealkylation sites (tertiary alicyclic amines) is 1. The van der Waals surface area contributed by atoms with Crippen molar-refractivity contribution in [3.8, 4) is 0 Å². The molecule has 5 heteroatoms. The molecule has 1 aliphatic heterocycles. The first-order valence-corrected chi connectivity index (χ1v) is 7.71. The van der Waals surface area contributed by atoms with Crippen LogP contribution in [0, 0.1) is 19.3 Å². The van der Waals surface area contributed by atoms with Crippen LogP contribution in [0.5, 0.6) is 0 Å². The highest BCUT2D eigenvalue weighted by molar-refractivity contribution is 5.99. The van der Waals surface area contributed by atoms with Crippen LogP contribution in [-0.4, -0.2) is 40.0 Å². The van der Waals surface area contributed by atoms with Crippen LogP contribution >= 0.6 is 0 Å². The molecule has 2 heterocycles. The van der Waals surface area contributed by atoms with Gasteiger partial charge in [-0.2, -0.15) is 0 Å². The molecule has 5 nitrogen and oxygen atoms in total. The predicted molar refractivity (Wildman–Crippen MR) is 87.5 cm³/mol. The number of carbonyl (C=O) groups is 2. The molecule has 1 aliphatic rings. The average Bonchev–Trinajstić information content (AvgIpc) is 2.90. The zero-order valence-electron chi connectivity index (χ0n) is 13.6. The Balaban J connectivity index is 1.94. The number of aromatic nitrogens is 1. The summed E-state index contributed by atoms with van der Waals surface area (Å²) in [5.74, 6) is -0.987. The quantitative estimate of drug-likeness (QED) is 0.925. The van der Waals surface area contributed by atoms with Crippen LogP contribution in [0.2, 0.25) is 0 Å². The summed E-state index contributed by atoms with van der Waals surface area (Å²) in [5, 5.41) is 10.2. The van der Waals surface area contributed by atoms with Gasteiger partial charge in [0.1, 0.15) is 0 Å². The number of aliphatic carboxylic acids is 1. The van der Waals surface area contributed by atoms with Crippen LogP contribution in [-0.2, 0) is 4.79 Å². The number of carboxylic acids is 1. The van der Waals surface area contributed by atoms with Crippen molar-refractivity contribution in [3.63, 3.8) is 0 Å². The van der Waals surface area contributed by atoms with Crippen LogP contribution in [0.3, 0.4) is 0 Å². The van der Waals surface area contributed by atoms with Gasteiger partial charge in [0.15, 0.2) is 0 Å². The highest BCUT2D eigenvalue weighted by Crippen LogP contribution is 2.31. The third-order valence-corrected chi connectivity index (χ3v) is 4.67. The van der Waals surface area contributed by atoms with Gasteiger partial charge in [-0.1, -0.05) is 12.1 Å². The molecule has 1 saturated heterocycles. The SMILES string of the molecule is Cc1ccc2cc(C(=O)N3CC[C@@](C)(C(=O)O)C3)c(C)nc2c1. The van der Waals surface area contributed by atoms with Gasteiger partial charge in [0.25, 0.3) is 5.91 Å². The summed E-state index contributed by atoms with van der Waals surface area (Å²) in [6, 6.07) is 7.80. The number of carboxylic acid groups (broad SMARTS) is 1. The molecule has 0 radical (unpaired) electrons. The molecule has 0 saturated carbocycles. The summed E-state index contributed by atoms with van der Waals surface area (Å²) >= 11 is 0. The molecule has 1 aromatic heterocycles. The van der Waals surface area contributed by atoms with Crippen molar-refractivity contribution in [1.29, 1.82) is 0 Å². The second kappa shape index (κ2) is 5.33. The highest BCUT2D eigenvalue weighted by Gasteiger charge is 2.42. The Hall–Kier alpha value is -2.43. The van der Waals surface area contributed by atoms with Crippen molar-refractivity contribution in [2.24, 2.45) is 5.41 Å². The monoisotopic (exact) mass is 312 g/mol. The number of amides is 1. The fraction of sp³-hybridized carbons (Fsp3) is 0.389. The van der Waals surface area contributed by atoms with Crippen LogP contribution in [0.25, 0.3) is 10.9 Å². The third-order valence-electron chi connectivity index (χ3n) is 4.67. The van der Waals surface area contributed by atoms with Gasteiger partial charge in [-0.3, -0.25) is 14.6 Å². The number of rotatable bonds is 2. The van der Waals surface area contributed by atoms with E-state index in [-0.39, 0.29) is 12.5 Å². The van der Waals surface area contributed by atoms with Gasteiger partial charge in [0.05, 0.1) is 22.2 Å². The lowest BCUT2D eigenvalue weighted by atomic mass is 9.90. The highest BCUT2D eigenvalue weighted by atomic mass is 16.4. The van der Waals surface area contributed by atoms with E-state index in [0.717, 1.165) is 16.5 Å². The minimum Gasteiger partial charge on any atom is -0.481 e. The first kappa shape index (κ1) is 15.5. The molecule has 0 aliphatic carbocycles. The molecule has 0 spiro atoms. The van der Waals surface area contributed by atoms with E-state index in [4.69, 9.17) is 0 Å². The van der Waals surface area contributed by atoms with Crippen molar-refractivity contribution >= 4 is 22.8 Å². The normalized spacial score (nSPS) is 20.9. The molecule has 1 N–H and O–H groups in total. The first-order valence-electron chi connectivity index (χ1n) is 7.71. The van der Waals surface area contributed by atoms with E-state index >= 15 is 0 Å². The zero-order valence-corrected chi connectivity index (χ0v) is 13.6. The fourth-order valence-corrected chi connectivity index (χ4v) is 3.07. The molecule has 0 bridgehead atoms. The van der Waals surface area contributed by atoms with Gasteiger partial charge in [-0.25, -0.2) is 0 Å². The minimum atomic E-state index is -0.856. The van der Waals surface area contributed by atoms with E-state index in [0.29, 0.717) is 24.2 Å². The maximum Gasteiger partial charge on any atom is 0.311 e. The van der Waals surface area contributed by atoms with Gasteiger partial charge < -0.3 is 10.0 Å². The number of benzene rings is 1. The van der Waals surface area contributed by atoms with Crippen molar-refractivity contribution in [1.82, 2.24) is 9.88 Å². The second-order valence-corrected chi connectivity index (χ2v) is 6.66. The first-order chi connectivity index (χ1) is 10.8. The standard InChI is InChI=1S/C18H20N2O3/c1-11-4-5-13-9-14(12(2)19-15(13)8-11)16(21)20-7-6-18(3,10-20)17(22)23/h4-5,8-9H,6-7,10H2,1-3H3,(H,22,23)/t18-/m1/s1. The van der Waals surface area contributed by atoms with Crippen LogP contribution in [0.4, 0.5) is 0 Å². The molecule has 120 valence electrons. The van der Waals surface area contributed by atoms with E-state index in [1.54, 1.807) is 11.8 Å². The largest absolute Gasteiger partial charge is 0.481 e. The van der Waals surface area contributed by atoms with Crippen molar-refractivity contribution in [3.05, 3.63) is 41.1 Å². The number of aryl methyl sites for hydroxylation is 2. The van der Waals surface area contributed by atoms with Gasteiger partial charge in [-0.15, -0.1) is 0 Å². The summed E-state index contributed by atoms with van der Waals surface area (Å²) in [7, 11) is 0. The van der Waals surface area contributed by atoms with E-state index in [2.05, 4.69) is 4.98 Å². The molecule has 1 aromatic carbocycles. The van der Waals surface area contributed by atoms with Crippen LogP contribution < -0.4 is 0 Å². The molecule has 2 aromatic rings. The van der Waals surface area contributed by atoms with Crippen molar-refractivity contribution in [2.75, 3.05) is 13.1 Å². The van der Waals surface area contributed by atoms with Crippen molar-refractivity contribution in [2.45, 2.75) is 27.2 Å². The molecular weight excluding hydrogens is 292 g/mol. The van der Waals surface area contributed by atoms with Crippen LogP contribution in [0.1, 0.15) is 35.0 Å². The fourth-order valence-electron chi connectivity index (χ4n) is 3.07. The second-order valence-electron chi connectivity index (χ2n) is 6.66. The Morgan fingerprint density at radius 1 is 1.26 bits per heavy atom. The van der Waals surface area contributed by atoms with E-state index in [9.17, 15) is 14.7 Å². The third kappa shape index (κ3) is 2.67. The molecule has 1 fully saturated rings. The summed E-state index contributed by atoms with van der Waals surface area (Å²) in [4.78, 5) is 30.3. The Labute approximate surface area is 134 Å². The van der Waals surface area contributed by atoms with E-state index in [1.807, 2.05) is 38.1 Å². The molecular formula is C18H20N2O3. The lowest BCUT2D eigenvalue weighted by Gasteiger charge is -2.21. The summed E-state index contributed by atoms with van der Waals surface area (Å²) in [5.41, 5.74) is 2.37. The Bertz CT molecular complexity index is 815. The minimum absolute atomic E-state index is 0.137. The molecule has 0 unspecified atom stereocenters. The average molecular weight is 312 g/mol. The Morgan fingerprint density at radius 2 is 2.00 bits per heavy atom. The topological polar surface area (TPSA) is 70.5 Å². The lowest BCUT2D eigenvalue weighted by molar-refractivity contribution is -0.147. The summed E-state index contributed by atoms with van der Waals surface area (Å²) < 4.78 is 0. The number of pyridine rings is 1. The molecule has 23 heavy (non-hydrogen) atoms. The van der Waals surface area contributed by atoms with Gasteiger partial charge >= 0.3 is 5.97 Å². The zero-order chi connectivity index (χ0) is 16.8. The summed E-state index contributed by atoms with van der Waals surface area (Å²) in [6.45, 7) is 6.23. The smallest absolute Gasteiger partial charge is 0.311 e. The maximum atomic E-state index is 12.8. The number of hydrogen-bond acceptors (Lipinski definition) is 3. The molecule has 1 amide bonds. The van der Waals surface area contributed by atoms with Gasteiger partial charge in [-0.05, 0) is 44.9 Å². The summed E-state index contributed by atoms with van der Waals surface area (Å²) in [6.07, 6.45) is 0.479. The number of carbonyl (C=O) groups excluding carboxylic acids is 1. The lowest BCUT2D eigenvalue weighted by Crippen LogP contribution is -2.35. The van der Waals surface area contributed by atoms with Gasteiger partial charge in [0, 0.05) is 18.5 Å². The number of fused-ring (bicyclic) bond motifs is 1. The molecule has 3 rings (SSSR count). The van der Waals surface area contributed by atoms with Gasteiger partial charge in [0.2, 0.25) is 0 Å². The molecule has 1 atom stereocenters. The van der Waals surface area contributed by atoms with E-state index in [1.165, 1.54) is 0 Å². The van der Waals surface area contributed by atoms with Crippen molar-refractivity contribution < 1.29 is 14.7 Å². The Morgan fingerprint density at radius 3 is 2.65 bits per heavy atom. The maximum absolute atomic E-state index is 12.8. The number of hydrogen-bond donors (Lipinski definition) is 1. The predicted octanol–water partition coefficient (Wildman–Crippen LogP) is 2.79.